The minimum absolute atomic E-state index is 0.0584. The molecule has 3 aromatic rings. The molecule has 1 fully saturated rings. The molecule has 0 aliphatic heterocycles. The lowest BCUT2D eigenvalue weighted by Gasteiger charge is -2.32. The highest BCUT2D eigenvalue weighted by Gasteiger charge is 2.28. The normalized spacial score (nSPS) is 20.9. The van der Waals surface area contributed by atoms with E-state index >= 15 is 0 Å². The van der Waals surface area contributed by atoms with Crippen molar-refractivity contribution < 1.29 is 22.5 Å². The Hall–Kier alpha value is -2.95. The first kappa shape index (κ1) is 25.2. The second-order valence-corrected chi connectivity index (χ2v) is 10.3. The standard InChI is InChI=1S/C25H25F3N4O2S/c1-13-7-14(9-15(29)8-13)17-5-6-30-12-22(17)32-25(33)21-4-3-18(26)24(31-21)23-19(27)10-16(35(2)34)11-20(23)28/h3-6,10-15H,7-9,29H2,1-2H3,(H,32,33)/t13-,14+,15+,35?/m0/s1. The molecule has 0 bridgehead atoms. The summed E-state index contributed by atoms with van der Waals surface area (Å²) in [6, 6.07) is 5.67. The van der Waals surface area contributed by atoms with Gasteiger partial charge < -0.3 is 15.6 Å². The van der Waals surface area contributed by atoms with E-state index in [4.69, 9.17) is 5.73 Å². The molecule has 2 heterocycles. The molecule has 1 aliphatic carbocycles. The number of anilines is 1. The number of hydrogen-bond acceptors (Lipinski definition) is 5. The van der Waals surface area contributed by atoms with E-state index < -0.39 is 45.8 Å². The van der Waals surface area contributed by atoms with Crippen molar-refractivity contribution >= 4 is 22.8 Å². The van der Waals surface area contributed by atoms with Crippen molar-refractivity contribution in [3.05, 3.63) is 71.4 Å². The van der Waals surface area contributed by atoms with Crippen molar-refractivity contribution in [2.24, 2.45) is 11.7 Å². The van der Waals surface area contributed by atoms with Crippen molar-refractivity contribution in [3.8, 4) is 11.3 Å². The fourth-order valence-electron chi connectivity index (χ4n) is 4.65. The molecule has 0 spiro atoms. The van der Waals surface area contributed by atoms with Gasteiger partial charge in [0.2, 0.25) is 0 Å². The van der Waals surface area contributed by atoms with Gasteiger partial charge in [0, 0.05) is 24.4 Å². The second kappa shape index (κ2) is 10.3. The predicted molar refractivity (Wildman–Crippen MR) is 128 cm³/mol. The molecule has 4 atom stereocenters. The number of hydrogen-bond donors (Lipinski definition) is 2. The third kappa shape index (κ3) is 5.50. The van der Waals surface area contributed by atoms with Crippen LogP contribution in [0.15, 0.2) is 47.6 Å². The molecule has 1 aliphatic rings. The Kier molecular flexibility index (Phi) is 7.44. The minimum Gasteiger partial charge on any atom is -0.612 e. The van der Waals surface area contributed by atoms with Crippen LogP contribution in [0.1, 0.15) is 48.2 Å². The van der Waals surface area contributed by atoms with Gasteiger partial charge in [-0.15, -0.1) is 0 Å². The molecule has 2 aromatic heterocycles. The maximum Gasteiger partial charge on any atom is 0.274 e. The van der Waals surface area contributed by atoms with Crippen molar-refractivity contribution in [1.29, 1.82) is 0 Å². The van der Waals surface area contributed by atoms with Gasteiger partial charge in [0.05, 0.1) is 17.4 Å². The lowest BCUT2D eigenvalue weighted by atomic mass is 9.76. The molecule has 4 rings (SSSR count). The summed E-state index contributed by atoms with van der Waals surface area (Å²) < 4.78 is 55.4. The Morgan fingerprint density at radius 3 is 2.49 bits per heavy atom. The van der Waals surface area contributed by atoms with Crippen LogP contribution in [0.4, 0.5) is 18.9 Å². The summed E-state index contributed by atoms with van der Waals surface area (Å²) >= 11 is -1.64. The number of rotatable bonds is 5. The van der Waals surface area contributed by atoms with Gasteiger partial charge >= 0.3 is 0 Å². The van der Waals surface area contributed by atoms with E-state index in [2.05, 4.69) is 22.2 Å². The van der Waals surface area contributed by atoms with E-state index in [9.17, 15) is 22.5 Å². The summed E-state index contributed by atoms with van der Waals surface area (Å²) in [5.41, 5.74) is 5.95. The number of carbonyl (C=O) groups excluding carboxylic acids is 1. The van der Waals surface area contributed by atoms with Gasteiger partial charge in [-0.25, -0.2) is 18.2 Å². The molecule has 10 heteroatoms. The van der Waals surface area contributed by atoms with Crippen LogP contribution in [0.2, 0.25) is 0 Å². The average molecular weight is 503 g/mol. The van der Waals surface area contributed by atoms with Crippen molar-refractivity contribution in [3.63, 3.8) is 0 Å². The quantitative estimate of drug-likeness (QED) is 0.489. The van der Waals surface area contributed by atoms with Gasteiger partial charge in [0.1, 0.15) is 35.1 Å². The van der Waals surface area contributed by atoms with E-state index in [1.54, 1.807) is 6.20 Å². The molecule has 3 N–H and O–H groups in total. The Morgan fingerprint density at radius 1 is 1.11 bits per heavy atom. The molecule has 1 aromatic carbocycles. The van der Waals surface area contributed by atoms with Crippen molar-refractivity contribution in [2.45, 2.75) is 43.0 Å². The number of halogens is 3. The first-order valence-electron chi connectivity index (χ1n) is 11.1. The van der Waals surface area contributed by atoms with E-state index in [1.165, 1.54) is 12.5 Å². The van der Waals surface area contributed by atoms with Gasteiger partial charge in [0.25, 0.3) is 5.91 Å². The zero-order valence-corrected chi connectivity index (χ0v) is 20.0. The van der Waals surface area contributed by atoms with Crippen LogP contribution >= 0.6 is 0 Å². The number of nitrogens with two attached hydrogens (primary N) is 1. The van der Waals surface area contributed by atoms with Crippen LogP contribution < -0.4 is 11.1 Å². The van der Waals surface area contributed by atoms with E-state index in [-0.39, 0.29) is 22.5 Å². The van der Waals surface area contributed by atoms with Gasteiger partial charge in [0.15, 0.2) is 4.90 Å². The molecule has 35 heavy (non-hydrogen) atoms. The number of nitrogens with one attached hydrogen (secondary N) is 1. The highest BCUT2D eigenvalue weighted by Crippen LogP contribution is 2.38. The second-order valence-electron chi connectivity index (χ2n) is 8.93. The van der Waals surface area contributed by atoms with Crippen LogP contribution in [-0.4, -0.2) is 32.7 Å². The highest BCUT2D eigenvalue weighted by molar-refractivity contribution is 7.90. The number of nitrogens with zero attached hydrogens (tertiary/aromatic N) is 2. The third-order valence-corrected chi connectivity index (χ3v) is 7.08. The lowest BCUT2D eigenvalue weighted by molar-refractivity contribution is 0.102. The smallest absolute Gasteiger partial charge is 0.274 e. The first-order chi connectivity index (χ1) is 16.6. The number of amides is 1. The van der Waals surface area contributed by atoms with Gasteiger partial charge in [-0.3, -0.25) is 9.78 Å². The number of carbonyl (C=O) groups is 1. The van der Waals surface area contributed by atoms with Gasteiger partial charge in [-0.2, -0.15) is 0 Å². The Morgan fingerprint density at radius 2 is 1.83 bits per heavy atom. The number of benzene rings is 1. The van der Waals surface area contributed by atoms with Crippen molar-refractivity contribution in [1.82, 2.24) is 9.97 Å². The summed E-state index contributed by atoms with van der Waals surface area (Å²) in [4.78, 5) is 20.9. The molecule has 1 unspecified atom stereocenters. The fraction of sp³-hybridized carbons (Fsp3) is 0.320. The van der Waals surface area contributed by atoms with E-state index in [0.717, 1.165) is 49.1 Å². The maximum absolute atomic E-state index is 14.6. The van der Waals surface area contributed by atoms with Crippen LogP contribution in [0, 0.1) is 23.4 Å². The summed E-state index contributed by atoms with van der Waals surface area (Å²) in [7, 11) is 0. The first-order valence-corrected chi connectivity index (χ1v) is 12.7. The molecule has 6 nitrogen and oxygen atoms in total. The molecular formula is C25H25F3N4O2S. The van der Waals surface area contributed by atoms with Crippen LogP contribution in [-0.2, 0) is 11.2 Å². The molecular weight excluding hydrogens is 477 g/mol. The highest BCUT2D eigenvalue weighted by atomic mass is 32.2. The molecule has 184 valence electrons. The maximum atomic E-state index is 14.6. The lowest BCUT2D eigenvalue weighted by Crippen LogP contribution is -2.31. The largest absolute Gasteiger partial charge is 0.612 e. The summed E-state index contributed by atoms with van der Waals surface area (Å²) in [5.74, 6) is -3.37. The number of pyridine rings is 2. The topological polar surface area (TPSA) is 104 Å². The molecule has 0 radical (unpaired) electrons. The monoisotopic (exact) mass is 502 g/mol. The zero-order chi connectivity index (χ0) is 25.3. The fourth-order valence-corrected chi connectivity index (χ4v) is 5.19. The molecule has 0 saturated heterocycles. The van der Waals surface area contributed by atoms with Crippen molar-refractivity contribution in [2.75, 3.05) is 11.6 Å². The number of aromatic nitrogens is 2. The van der Waals surface area contributed by atoms with Gasteiger partial charge in [-0.05, 0) is 66.0 Å². The molecule has 1 saturated carbocycles. The third-order valence-electron chi connectivity index (χ3n) is 6.19. The average Bonchev–Trinajstić information content (AvgIpc) is 2.79. The molecule has 1 amide bonds. The van der Waals surface area contributed by atoms with Crippen LogP contribution in [0.25, 0.3) is 11.3 Å². The minimum atomic E-state index is -1.64. The van der Waals surface area contributed by atoms with E-state index in [0.29, 0.717) is 11.6 Å². The summed E-state index contributed by atoms with van der Waals surface area (Å²) in [6.07, 6.45) is 7.05. The Labute approximate surface area is 204 Å². The van der Waals surface area contributed by atoms with Crippen LogP contribution in [0.3, 0.4) is 0 Å². The summed E-state index contributed by atoms with van der Waals surface area (Å²) in [6.45, 7) is 2.14. The van der Waals surface area contributed by atoms with Crippen LogP contribution in [0.5, 0.6) is 0 Å². The SMILES string of the molecule is C[C@@H]1C[C@@H](N)C[C@H](c2ccncc2NC(=O)c2ccc(F)c(-c3c(F)cc([S+](C)[O-])cc3F)n2)C1. The Bertz CT molecular complexity index is 1220. The summed E-state index contributed by atoms with van der Waals surface area (Å²) in [5, 5.41) is 2.75. The van der Waals surface area contributed by atoms with E-state index in [1.807, 2.05) is 6.07 Å². The van der Waals surface area contributed by atoms with Gasteiger partial charge in [-0.1, -0.05) is 6.92 Å². The Balaban J connectivity index is 1.64. The zero-order valence-electron chi connectivity index (χ0n) is 19.2. The predicted octanol–water partition coefficient (Wildman–Crippen LogP) is 4.78.